The second kappa shape index (κ2) is 14.0. The fourth-order valence-corrected chi connectivity index (χ4v) is 7.72. The molecule has 4 aromatic rings. The Hall–Kier alpha value is -3.71. The molecule has 2 aliphatic rings. The number of hydrogen-bond acceptors (Lipinski definition) is 12. The minimum atomic E-state index is -0.531. The van der Waals surface area contributed by atoms with Crippen LogP contribution in [0.5, 0.6) is 5.75 Å². The van der Waals surface area contributed by atoms with E-state index in [1.807, 2.05) is 12.1 Å². The van der Waals surface area contributed by atoms with Gasteiger partial charge in [-0.2, -0.15) is 4.98 Å². The van der Waals surface area contributed by atoms with Crippen molar-refractivity contribution in [3.63, 3.8) is 0 Å². The highest BCUT2D eigenvalue weighted by Gasteiger charge is 2.30. The van der Waals surface area contributed by atoms with E-state index >= 15 is 0 Å². The van der Waals surface area contributed by atoms with E-state index in [2.05, 4.69) is 76.6 Å². The summed E-state index contributed by atoms with van der Waals surface area (Å²) in [6, 6.07) is 7.68. The molecule has 0 radical (unpaired) electrons. The highest BCUT2D eigenvalue weighted by molar-refractivity contribution is 9.10. The van der Waals surface area contributed by atoms with Crippen molar-refractivity contribution in [1.82, 2.24) is 29.7 Å². The van der Waals surface area contributed by atoms with Crippen LogP contribution >= 0.6 is 23.9 Å². The molecule has 0 aliphatic carbocycles. The number of ether oxygens (including phenoxy) is 1. The average molecular weight is 710 g/mol. The first kappa shape index (κ1) is 32.2. The van der Waals surface area contributed by atoms with Crippen molar-refractivity contribution in [2.24, 2.45) is 0 Å². The van der Waals surface area contributed by atoms with Crippen LogP contribution in [-0.4, -0.2) is 107 Å². The summed E-state index contributed by atoms with van der Waals surface area (Å²) < 4.78 is 6.39. The molecule has 2 fully saturated rings. The van der Waals surface area contributed by atoms with E-state index in [4.69, 9.17) is 9.72 Å². The average Bonchev–Trinajstić information content (AvgIpc) is 3.06. The molecule has 0 bridgehead atoms. The number of nitrogens with one attached hydrogen (secondary N) is 2. The Balaban J connectivity index is 1.24. The number of benzene rings is 2. The third-order valence-electron chi connectivity index (χ3n) is 8.66. The molecule has 0 saturated carbocycles. The maximum absolute atomic E-state index is 12.3. The van der Waals surface area contributed by atoms with Gasteiger partial charge in [0, 0.05) is 87.0 Å². The molecule has 242 valence electrons. The number of aromatic nitrogens is 4. The summed E-state index contributed by atoms with van der Waals surface area (Å²) in [4.78, 5) is 37.2. The summed E-state index contributed by atoms with van der Waals surface area (Å²) in [5.41, 5.74) is 3.55. The van der Waals surface area contributed by atoms with Crippen molar-refractivity contribution in [3.05, 3.63) is 57.4 Å². The van der Waals surface area contributed by atoms with Crippen molar-refractivity contribution in [1.29, 1.82) is 0 Å². The predicted octanol–water partition coefficient (Wildman–Crippen LogP) is 5.17. The van der Waals surface area contributed by atoms with Crippen LogP contribution in [0.3, 0.4) is 0 Å². The lowest BCUT2D eigenvalue weighted by molar-refractivity contribution is -0.384. The zero-order valence-corrected chi connectivity index (χ0v) is 28.9. The zero-order chi connectivity index (χ0) is 32.4. The molecular formula is C31H38BrN10O3P. The summed E-state index contributed by atoms with van der Waals surface area (Å²) in [7, 11) is 3.19. The lowest BCUT2D eigenvalue weighted by atomic mass is 10.0. The highest BCUT2D eigenvalue weighted by Crippen LogP contribution is 2.41. The van der Waals surface area contributed by atoms with Crippen molar-refractivity contribution < 1.29 is 9.66 Å². The molecule has 0 atom stereocenters. The fourth-order valence-electron chi connectivity index (χ4n) is 6.22. The predicted molar refractivity (Wildman–Crippen MR) is 188 cm³/mol. The van der Waals surface area contributed by atoms with Gasteiger partial charge in [-0.15, -0.1) is 0 Å². The number of nitro benzene ring substituents is 1. The van der Waals surface area contributed by atoms with Crippen LogP contribution in [0.1, 0.15) is 12.8 Å². The van der Waals surface area contributed by atoms with Gasteiger partial charge in [-0.05, 0) is 61.3 Å². The Labute approximate surface area is 277 Å². The van der Waals surface area contributed by atoms with E-state index in [0.29, 0.717) is 33.5 Å². The number of piperazine rings is 1. The van der Waals surface area contributed by atoms with Gasteiger partial charge in [0.15, 0.2) is 0 Å². The Kier molecular flexibility index (Phi) is 9.78. The van der Waals surface area contributed by atoms with Crippen molar-refractivity contribution in [2.45, 2.75) is 18.9 Å². The molecule has 0 unspecified atom stereocenters. The Morgan fingerprint density at radius 3 is 2.43 bits per heavy atom. The number of anilines is 5. The van der Waals surface area contributed by atoms with E-state index in [1.54, 1.807) is 31.8 Å². The quantitative estimate of drug-likeness (QED) is 0.135. The first-order valence-electron chi connectivity index (χ1n) is 15.2. The van der Waals surface area contributed by atoms with E-state index in [0.717, 1.165) is 74.1 Å². The number of nitro groups is 1. The number of fused-ring (bicyclic) bond motifs is 1. The molecule has 13 nitrogen and oxygen atoms in total. The molecule has 6 rings (SSSR count). The van der Waals surface area contributed by atoms with E-state index < -0.39 is 7.92 Å². The molecular weight excluding hydrogens is 671 g/mol. The number of nitrogens with zero attached hydrogens (tertiary/aromatic N) is 8. The van der Waals surface area contributed by atoms with Gasteiger partial charge in [-0.1, -0.05) is 7.92 Å². The molecule has 0 amide bonds. The first-order valence-corrected chi connectivity index (χ1v) is 18.3. The summed E-state index contributed by atoms with van der Waals surface area (Å²) in [6.45, 7) is 10.1. The highest BCUT2D eigenvalue weighted by atomic mass is 79.9. The lowest BCUT2D eigenvalue weighted by Gasteiger charge is -2.42. The fraction of sp³-hybridized carbons (Fsp3) is 0.419. The van der Waals surface area contributed by atoms with E-state index in [9.17, 15) is 10.1 Å². The van der Waals surface area contributed by atoms with E-state index in [1.165, 1.54) is 6.07 Å². The van der Waals surface area contributed by atoms with Gasteiger partial charge in [0.1, 0.15) is 17.3 Å². The third kappa shape index (κ3) is 6.85. The van der Waals surface area contributed by atoms with Crippen LogP contribution in [0.25, 0.3) is 11.0 Å². The van der Waals surface area contributed by atoms with Gasteiger partial charge in [0.05, 0.1) is 33.2 Å². The molecule has 4 heterocycles. The van der Waals surface area contributed by atoms with Gasteiger partial charge in [0.25, 0.3) is 5.69 Å². The number of halogens is 1. The SMILES string of the molecule is COc1cc(N2CCC(N3CCN(C)CC3)CC2)c([N+](=O)[O-])cc1Nc1ncc(Br)c(Nc2ccc3nccnc3c2P(C)C)n1. The Morgan fingerprint density at radius 1 is 1.00 bits per heavy atom. The number of methoxy groups -OCH3 is 1. The molecule has 2 N–H and O–H groups in total. The number of hydrogen-bond donors (Lipinski definition) is 2. The van der Waals surface area contributed by atoms with Crippen LogP contribution in [0.15, 0.2) is 47.3 Å². The summed E-state index contributed by atoms with van der Waals surface area (Å²) in [5.74, 6) is 1.27. The van der Waals surface area contributed by atoms with Crippen molar-refractivity contribution in [3.8, 4) is 5.75 Å². The maximum Gasteiger partial charge on any atom is 0.294 e. The molecule has 2 aromatic heterocycles. The standard InChI is InChI=1S/C31H38BrN10O3P/c1-39-13-15-40(16-14-39)20-7-11-41(12-8-20)25-18-27(45-2)24(17-26(25)42(43)44)37-31-35-19-21(32)30(38-31)36-23-6-5-22-28(29(23)46(3)4)34-10-9-33-22/h5-6,9-10,17-20H,7-8,11-16H2,1-4H3,(H2,35,36,37,38). The minimum absolute atomic E-state index is 0.0120. The van der Waals surface area contributed by atoms with Crippen molar-refractivity contribution >= 4 is 74.7 Å². The van der Waals surface area contributed by atoms with Gasteiger partial charge in [0.2, 0.25) is 5.95 Å². The van der Waals surface area contributed by atoms with Gasteiger partial charge >= 0.3 is 0 Å². The molecule has 46 heavy (non-hydrogen) atoms. The summed E-state index contributed by atoms with van der Waals surface area (Å²) in [5, 5.41) is 20.0. The first-order chi connectivity index (χ1) is 22.2. The van der Waals surface area contributed by atoms with Crippen LogP contribution in [0, 0.1) is 10.1 Å². The second-order valence-corrected chi connectivity index (χ2v) is 14.9. The molecule has 15 heteroatoms. The monoisotopic (exact) mass is 708 g/mol. The van der Waals surface area contributed by atoms with Crippen LogP contribution in [-0.2, 0) is 0 Å². The van der Waals surface area contributed by atoms with Crippen LogP contribution in [0.2, 0.25) is 0 Å². The minimum Gasteiger partial charge on any atom is -0.494 e. The largest absolute Gasteiger partial charge is 0.494 e. The topological polar surface area (TPSA) is 138 Å². The number of piperidine rings is 1. The molecule has 2 saturated heterocycles. The maximum atomic E-state index is 12.3. The number of rotatable bonds is 9. The normalized spacial score (nSPS) is 16.6. The van der Waals surface area contributed by atoms with Gasteiger partial charge in [-0.25, -0.2) is 4.98 Å². The Morgan fingerprint density at radius 2 is 1.74 bits per heavy atom. The summed E-state index contributed by atoms with van der Waals surface area (Å²) >= 11 is 3.57. The third-order valence-corrected chi connectivity index (χ3v) is 10.6. The lowest BCUT2D eigenvalue weighted by Crippen LogP contribution is -2.52. The van der Waals surface area contributed by atoms with Crippen LogP contribution < -0.4 is 25.6 Å². The van der Waals surface area contributed by atoms with Crippen LogP contribution in [0.4, 0.5) is 34.5 Å². The zero-order valence-electron chi connectivity index (χ0n) is 26.4. The van der Waals surface area contributed by atoms with Crippen molar-refractivity contribution in [2.75, 3.05) is 82.3 Å². The molecule has 2 aromatic carbocycles. The summed E-state index contributed by atoms with van der Waals surface area (Å²) in [6.07, 6.45) is 6.96. The smallest absolute Gasteiger partial charge is 0.294 e. The molecule has 2 aliphatic heterocycles. The van der Waals surface area contributed by atoms with E-state index in [-0.39, 0.29) is 16.6 Å². The Bertz CT molecular complexity index is 1730. The second-order valence-electron chi connectivity index (χ2n) is 11.8. The van der Waals surface area contributed by atoms with Gasteiger partial charge < -0.3 is 25.2 Å². The number of likely N-dealkylation sites (N-methyl/N-ethyl adjacent to an activating group) is 1. The molecule has 0 spiro atoms. The van der Waals surface area contributed by atoms with Gasteiger partial charge in [-0.3, -0.25) is 25.0 Å².